The van der Waals surface area contributed by atoms with E-state index in [0.29, 0.717) is 4.83 Å². The summed E-state index contributed by atoms with van der Waals surface area (Å²) in [4.78, 5) is 3.65. The summed E-state index contributed by atoms with van der Waals surface area (Å²) in [5, 5.41) is 1.31. The average molecular weight is 224 g/mol. The second kappa shape index (κ2) is 2.94. The summed E-state index contributed by atoms with van der Waals surface area (Å²) in [7, 11) is 0. The van der Waals surface area contributed by atoms with Gasteiger partial charge >= 0.3 is 0 Å². The van der Waals surface area contributed by atoms with E-state index >= 15 is 0 Å². The fourth-order valence-electron chi connectivity index (χ4n) is 1.42. The molecule has 0 amide bonds. The minimum Gasteiger partial charge on any atom is -0.361 e. The molecular weight excluding hydrogens is 214 g/mol. The van der Waals surface area contributed by atoms with Crippen molar-refractivity contribution >= 4 is 26.8 Å². The van der Waals surface area contributed by atoms with Gasteiger partial charge in [-0.1, -0.05) is 34.1 Å². The van der Waals surface area contributed by atoms with Crippen molar-refractivity contribution in [1.29, 1.82) is 0 Å². The topological polar surface area (TPSA) is 15.8 Å². The Balaban J connectivity index is 2.70. The molecule has 0 saturated carbocycles. The van der Waals surface area contributed by atoms with Crippen molar-refractivity contribution < 1.29 is 0 Å². The smallest absolute Gasteiger partial charge is 0.0457 e. The predicted octanol–water partition coefficient (Wildman–Crippen LogP) is 3.62. The van der Waals surface area contributed by atoms with Gasteiger partial charge in [-0.25, -0.2) is 0 Å². The molecule has 0 saturated heterocycles. The Bertz CT molecular complexity index is 389. The van der Waals surface area contributed by atoms with Crippen LogP contribution < -0.4 is 0 Å². The monoisotopic (exact) mass is 223 g/mol. The first-order valence-corrected chi connectivity index (χ1v) is 4.90. The van der Waals surface area contributed by atoms with Gasteiger partial charge in [0.2, 0.25) is 0 Å². The molecule has 0 aliphatic carbocycles. The number of H-pyrrole nitrogens is 1. The van der Waals surface area contributed by atoms with Gasteiger partial charge in [-0.15, -0.1) is 0 Å². The van der Waals surface area contributed by atoms with Crippen molar-refractivity contribution in [3.63, 3.8) is 0 Å². The fourth-order valence-corrected chi connectivity index (χ4v) is 1.80. The van der Waals surface area contributed by atoms with Crippen LogP contribution in [0.15, 0.2) is 30.5 Å². The van der Waals surface area contributed by atoms with Crippen LogP contribution >= 0.6 is 15.9 Å². The van der Waals surface area contributed by atoms with Gasteiger partial charge in [0.1, 0.15) is 0 Å². The normalized spacial score (nSPS) is 13.5. The van der Waals surface area contributed by atoms with Gasteiger partial charge in [-0.3, -0.25) is 0 Å². The number of aromatic amines is 1. The second-order valence-electron chi connectivity index (χ2n) is 2.91. The third kappa shape index (κ3) is 1.16. The highest BCUT2D eigenvalue weighted by molar-refractivity contribution is 9.09. The van der Waals surface area contributed by atoms with E-state index in [9.17, 15) is 0 Å². The summed E-state index contributed by atoms with van der Waals surface area (Å²) < 4.78 is 0. The van der Waals surface area contributed by atoms with Gasteiger partial charge in [0.15, 0.2) is 0 Å². The van der Waals surface area contributed by atoms with Crippen molar-refractivity contribution in [2.24, 2.45) is 0 Å². The molecule has 0 bridgehead atoms. The number of benzene rings is 1. The number of hydrogen-bond acceptors (Lipinski definition) is 0. The SMILES string of the molecule is CC(Br)c1c[nH]c2ccccc12. The van der Waals surface area contributed by atoms with E-state index < -0.39 is 0 Å². The Morgan fingerprint density at radius 3 is 2.83 bits per heavy atom. The first kappa shape index (κ1) is 7.87. The van der Waals surface area contributed by atoms with E-state index in [4.69, 9.17) is 0 Å². The summed E-state index contributed by atoms with van der Waals surface area (Å²) in [5.41, 5.74) is 2.53. The van der Waals surface area contributed by atoms with Crippen LogP contribution in [0.25, 0.3) is 10.9 Å². The molecule has 1 atom stereocenters. The van der Waals surface area contributed by atoms with E-state index in [1.807, 2.05) is 6.07 Å². The summed E-state index contributed by atoms with van der Waals surface area (Å²) in [5.74, 6) is 0. The molecule has 62 valence electrons. The van der Waals surface area contributed by atoms with Crippen molar-refractivity contribution in [3.05, 3.63) is 36.0 Å². The minimum absolute atomic E-state index is 0.411. The molecule has 1 heterocycles. The Kier molecular flexibility index (Phi) is 1.93. The standard InChI is InChI=1S/C10H10BrN/c1-7(11)9-6-12-10-5-3-2-4-8(9)10/h2-7,12H,1H3. The highest BCUT2D eigenvalue weighted by Crippen LogP contribution is 2.28. The molecule has 2 heteroatoms. The summed E-state index contributed by atoms with van der Waals surface area (Å²) in [6, 6.07) is 8.34. The maximum atomic E-state index is 3.56. The van der Waals surface area contributed by atoms with Gasteiger partial charge < -0.3 is 4.98 Å². The fraction of sp³-hybridized carbons (Fsp3) is 0.200. The van der Waals surface area contributed by atoms with Crippen LogP contribution in [0.5, 0.6) is 0 Å². The molecule has 0 aliphatic heterocycles. The van der Waals surface area contributed by atoms with E-state index in [1.165, 1.54) is 16.5 Å². The quantitative estimate of drug-likeness (QED) is 0.712. The molecule has 1 nitrogen and oxygen atoms in total. The van der Waals surface area contributed by atoms with Crippen LogP contribution in [0.3, 0.4) is 0 Å². The van der Waals surface area contributed by atoms with Crippen LogP contribution in [-0.2, 0) is 0 Å². The van der Waals surface area contributed by atoms with Gasteiger partial charge in [-0.2, -0.15) is 0 Å². The summed E-state index contributed by atoms with van der Waals surface area (Å²) in [6.07, 6.45) is 2.06. The lowest BCUT2D eigenvalue weighted by Crippen LogP contribution is -1.78. The van der Waals surface area contributed by atoms with Crippen LogP contribution in [0, 0.1) is 0 Å². The molecule has 1 unspecified atom stereocenters. The van der Waals surface area contributed by atoms with Crippen molar-refractivity contribution in [3.8, 4) is 0 Å². The Morgan fingerprint density at radius 2 is 2.08 bits per heavy atom. The number of nitrogens with one attached hydrogen (secondary N) is 1. The third-order valence-electron chi connectivity index (χ3n) is 2.05. The molecular formula is C10H10BrN. The predicted molar refractivity (Wildman–Crippen MR) is 55.6 cm³/mol. The second-order valence-corrected chi connectivity index (χ2v) is 4.28. The first-order chi connectivity index (χ1) is 5.79. The lowest BCUT2D eigenvalue weighted by molar-refractivity contribution is 1.14. The Labute approximate surface area is 79.9 Å². The number of alkyl halides is 1. The molecule has 2 aromatic rings. The maximum absolute atomic E-state index is 3.56. The molecule has 1 N–H and O–H groups in total. The van der Waals surface area contributed by atoms with E-state index in [0.717, 1.165) is 0 Å². The maximum Gasteiger partial charge on any atom is 0.0457 e. The molecule has 1 aromatic heterocycles. The number of fused-ring (bicyclic) bond motifs is 1. The molecule has 2 rings (SSSR count). The van der Waals surface area contributed by atoms with Crippen LogP contribution in [-0.4, -0.2) is 4.98 Å². The van der Waals surface area contributed by atoms with Gasteiger partial charge in [0.25, 0.3) is 0 Å². The van der Waals surface area contributed by atoms with Gasteiger partial charge in [0, 0.05) is 21.9 Å². The average Bonchev–Trinajstić information content (AvgIpc) is 2.47. The molecule has 0 aliphatic rings. The van der Waals surface area contributed by atoms with Crippen LogP contribution in [0.4, 0.5) is 0 Å². The summed E-state index contributed by atoms with van der Waals surface area (Å²) in [6.45, 7) is 2.13. The molecule has 12 heavy (non-hydrogen) atoms. The third-order valence-corrected chi connectivity index (χ3v) is 2.54. The zero-order chi connectivity index (χ0) is 8.55. The Hall–Kier alpha value is -0.760. The van der Waals surface area contributed by atoms with Gasteiger partial charge in [-0.05, 0) is 18.6 Å². The molecule has 0 fully saturated rings. The van der Waals surface area contributed by atoms with Crippen molar-refractivity contribution in [1.82, 2.24) is 4.98 Å². The van der Waals surface area contributed by atoms with Crippen molar-refractivity contribution in [2.75, 3.05) is 0 Å². The molecule has 1 aromatic carbocycles. The first-order valence-electron chi connectivity index (χ1n) is 3.99. The van der Waals surface area contributed by atoms with Crippen LogP contribution in [0.1, 0.15) is 17.3 Å². The number of hydrogen-bond donors (Lipinski definition) is 1. The van der Waals surface area contributed by atoms with Crippen LogP contribution in [0.2, 0.25) is 0 Å². The van der Waals surface area contributed by atoms with E-state index in [-0.39, 0.29) is 0 Å². The highest BCUT2D eigenvalue weighted by Gasteiger charge is 2.06. The number of rotatable bonds is 1. The lowest BCUT2D eigenvalue weighted by atomic mass is 10.1. The summed E-state index contributed by atoms with van der Waals surface area (Å²) >= 11 is 3.56. The zero-order valence-electron chi connectivity index (χ0n) is 6.84. The number of halogens is 1. The minimum atomic E-state index is 0.411. The number of aromatic nitrogens is 1. The zero-order valence-corrected chi connectivity index (χ0v) is 8.43. The molecule has 0 spiro atoms. The number of para-hydroxylation sites is 1. The Morgan fingerprint density at radius 1 is 1.33 bits per heavy atom. The highest BCUT2D eigenvalue weighted by atomic mass is 79.9. The largest absolute Gasteiger partial charge is 0.361 e. The van der Waals surface area contributed by atoms with E-state index in [2.05, 4.69) is 52.2 Å². The molecule has 0 radical (unpaired) electrons. The van der Waals surface area contributed by atoms with E-state index in [1.54, 1.807) is 0 Å². The van der Waals surface area contributed by atoms with Crippen molar-refractivity contribution in [2.45, 2.75) is 11.8 Å². The van der Waals surface area contributed by atoms with Gasteiger partial charge in [0.05, 0.1) is 0 Å². The lowest BCUT2D eigenvalue weighted by Gasteiger charge is -1.98.